The van der Waals surface area contributed by atoms with E-state index in [1.807, 2.05) is 14.0 Å². The molecule has 3 aromatic rings. The van der Waals surface area contributed by atoms with Crippen LogP contribution in [0, 0.1) is 24.6 Å². The molecule has 1 aromatic carbocycles. The van der Waals surface area contributed by atoms with Crippen molar-refractivity contribution in [3.8, 4) is 0 Å². The van der Waals surface area contributed by atoms with Crippen LogP contribution in [0.2, 0.25) is 5.02 Å². The molecule has 2 atom stereocenters. The van der Waals surface area contributed by atoms with E-state index in [2.05, 4.69) is 20.5 Å². The van der Waals surface area contributed by atoms with Gasteiger partial charge in [-0.05, 0) is 55.7 Å². The number of fused-ring (bicyclic) bond motifs is 1. The van der Waals surface area contributed by atoms with Crippen molar-refractivity contribution >= 4 is 23.2 Å². The Morgan fingerprint density at radius 2 is 1.90 bits per heavy atom. The lowest BCUT2D eigenvalue weighted by Gasteiger charge is -2.14. The maximum Gasteiger partial charge on any atom is 0.274 e. The van der Waals surface area contributed by atoms with Gasteiger partial charge in [0.1, 0.15) is 11.5 Å². The number of hydrogen-bond acceptors (Lipinski definition) is 5. The molecule has 162 valence electrons. The minimum atomic E-state index is -0.521. The van der Waals surface area contributed by atoms with E-state index in [0.29, 0.717) is 35.0 Å². The van der Waals surface area contributed by atoms with Gasteiger partial charge < -0.3 is 14.3 Å². The summed E-state index contributed by atoms with van der Waals surface area (Å²) in [5.41, 5.74) is 1.81. The van der Waals surface area contributed by atoms with E-state index in [1.165, 1.54) is 18.2 Å². The van der Waals surface area contributed by atoms with Crippen molar-refractivity contribution in [2.24, 2.45) is 18.9 Å². The number of carbonyl (C=O) groups is 1. The number of imidazole rings is 1. The Labute approximate surface area is 184 Å². The molecule has 0 bridgehead atoms. The third kappa shape index (κ3) is 3.73. The Morgan fingerprint density at radius 3 is 2.55 bits per heavy atom. The lowest BCUT2D eigenvalue weighted by Crippen LogP contribution is -2.18. The molecular formula is C22H23ClFN5O2. The summed E-state index contributed by atoms with van der Waals surface area (Å²) in [5, 5.41) is 11.0. The van der Waals surface area contributed by atoms with Crippen LogP contribution in [0.3, 0.4) is 0 Å². The number of benzene rings is 1. The third-order valence-corrected chi connectivity index (χ3v) is 6.94. The summed E-state index contributed by atoms with van der Waals surface area (Å²) in [6.07, 6.45) is 5.73. The van der Waals surface area contributed by atoms with Crippen molar-refractivity contribution in [3.63, 3.8) is 0 Å². The molecule has 2 fully saturated rings. The number of halogens is 2. The maximum absolute atomic E-state index is 13.4. The van der Waals surface area contributed by atoms with Crippen molar-refractivity contribution < 1.29 is 13.6 Å². The van der Waals surface area contributed by atoms with Gasteiger partial charge in [0.2, 0.25) is 11.8 Å². The highest BCUT2D eigenvalue weighted by Gasteiger charge is 2.45. The molecule has 5 rings (SSSR count). The monoisotopic (exact) mass is 443 g/mol. The van der Waals surface area contributed by atoms with E-state index in [0.717, 1.165) is 37.3 Å². The number of anilines is 1. The molecule has 7 nitrogen and oxygen atoms in total. The van der Waals surface area contributed by atoms with Gasteiger partial charge in [0, 0.05) is 31.5 Å². The van der Waals surface area contributed by atoms with Crippen LogP contribution in [-0.4, -0.2) is 25.7 Å². The van der Waals surface area contributed by atoms with Crippen molar-refractivity contribution in [3.05, 3.63) is 58.5 Å². The van der Waals surface area contributed by atoms with E-state index >= 15 is 0 Å². The number of amides is 1. The fourth-order valence-corrected chi connectivity index (χ4v) is 5.49. The zero-order valence-corrected chi connectivity index (χ0v) is 18.1. The van der Waals surface area contributed by atoms with Gasteiger partial charge in [-0.1, -0.05) is 11.6 Å². The number of aromatic nitrogens is 4. The van der Waals surface area contributed by atoms with E-state index in [9.17, 15) is 9.18 Å². The minimum Gasteiger partial charge on any atom is -0.425 e. The van der Waals surface area contributed by atoms with Crippen LogP contribution in [0.15, 0.2) is 28.9 Å². The van der Waals surface area contributed by atoms with Gasteiger partial charge in [0.05, 0.1) is 17.0 Å². The predicted molar refractivity (Wildman–Crippen MR) is 113 cm³/mol. The van der Waals surface area contributed by atoms with Gasteiger partial charge in [-0.3, -0.25) is 4.79 Å². The average molecular weight is 444 g/mol. The van der Waals surface area contributed by atoms with Crippen molar-refractivity contribution in [2.45, 2.75) is 44.4 Å². The molecule has 31 heavy (non-hydrogen) atoms. The Bertz CT molecular complexity index is 1130. The number of nitrogens with zero attached hydrogens (tertiary/aromatic N) is 4. The van der Waals surface area contributed by atoms with Crippen LogP contribution in [-0.2, 0) is 7.05 Å². The summed E-state index contributed by atoms with van der Waals surface area (Å²) in [6, 6.07) is 4.14. The van der Waals surface area contributed by atoms with Gasteiger partial charge in [-0.25, -0.2) is 9.37 Å². The average Bonchev–Trinajstić information content (AvgIpc) is 3.47. The summed E-state index contributed by atoms with van der Waals surface area (Å²) in [6.45, 7) is 1.82. The predicted octanol–water partition coefficient (Wildman–Crippen LogP) is 4.84. The molecule has 2 heterocycles. The summed E-state index contributed by atoms with van der Waals surface area (Å²) in [5.74, 6) is 2.26. The van der Waals surface area contributed by atoms with Gasteiger partial charge >= 0.3 is 0 Å². The molecule has 2 saturated carbocycles. The summed E-state index contributed by atoms with van der Waals surface area (Å²) < 4.78 is 20.8. The van der Waals surface area contributed by atoms with Crippen LogP contribution in [0.5, 0.6) is 0 Å². The van der Waals surface area contributed by atoms with Crippen LogP contribution < -0.4 is 5.32 Å². The van der Waals surface area contributed by atoms with Crippen molar-refractivity contribution in [1.29, 1.82) is 0 Å². The number of rotatable bonds is 4. The van der Waals surface area contributed by atoms with Gasteiger partial charge in [0.15, 0.2) is 0 Å². The second-order valence-electron chi connectivity index (χ2n) is 8.69. The second kappa shape index (κ2) is 7.75. The topological polar surface area (TPSA) is 85.8 Å². The summed E-state index contributed by atoms with van der Waals surface area (Å²) in [7, 11) is 1.81. The SMILES string of the molecule is Cc1nnc(C2CC3CC(c4ncn(C)c4C(=O)Nc4ccc(F)c(Cl)c4)CC3C2)o1. The molecule has 0 spiro atoms. The highest BCUT2D eigenvalue weighted by atomic mass is 35.5. The van der Waals surface area contributed by atoms with Gasteiger partial charge in [-0.15, -0.1) is 10.2 Å². The zero-order valence-electron chi connectivity index (χ0n) is 17.3. The number of carbonyl (C=O) groups excluding carboxylic acids is 1. The Morgan fingerprint density at radius 1 is 1.19 bits per heavy atom. The molecular weight excluding hydrogens is 421 g/mol. The normalized spacial score (nSPS) is 25.0. The molecule has 9 heteroatoms. The maximum atomic E-state index is 13.4. The van der Waals surface area contributed by atoms with E-state index in [1.54, 1.807) is 10.9 Å². The molecule has 0 radical (unpaired) electrons. The number of hydrogen-bond donors (Lipinski definition) is 1. The molecule has 2 unspecified atom stereocenters. The zero-order chi connectivity index (χ0) is 21.7. The Balaban J connectivity index is 1.30. The number of aryl methyl sites for hydroxylation is 2. The largest absolute Gasteiger partial charge is 0.425 e. The standard InChI is InChI=1S/C22H23ClFN5O2/c1-11-27-28-22(31-11)15-7-12-5-14(6-13(12)8-15)19-20(29(2)10-25-19)21(30)26-16-3-4-18(24)17(23)9-16/h3-4,9-10,12-15H,5-8H2,1-2H3,(H,26,30). The molecule has 1 N–H and O–H groups in total. The Hall–Kier alpha value is -2.74. The first-order valence-electron chi connectivity index (χ1n) is 10.5. The minimum absolute atomic E-state index is 0.0300. The summed E-state index contributed by atoms with van der Waals surface area (Å²) in [4.78, 5) is 17.6. The fraction of sp³-hybridized carbons (Fsp3) is 0.455. The highest BCUT2D eigenvalue weighted by molar-refractivity contribution is 6.31. The fourth-order valence-electron chi connectivity index (χ4n) is 5.31. The van der Waals surface area contributed by atoms with Crippen LogP contribution >= 0.6 is 11.6 Å². The lowest BCUT2D eigenvalue weighted by atomic mass is 9.94. The quantitative estimate of drug-likeness (QED) is 0.623. The molecule has 2 aromatic heterocycles. The van der Waals surface area contributed by atoms with E-state index < -0.39 is 5.82 Å². The van der Waals surface area contributed by atoms with E-state index in [-0.39, 0.29) is 16.8 Å². The van der Waals surface area contributed by atoms with E-state index in [4.69, 9.17) is 16.0 Å². The van der Waals surface area contributed by atoms with Crippen LogP contribution in [0.25, 0.3) is 0 Å². The van der Waals surface area contributed by atoms with Gasteiger partial charge in [0.25, 0.3) is 5.91 Å². The van der Waals surface area contributed by atoms with Crippen molar-refractivity contribution in [2.75, 3.05) is 5.32 Å². The Kier molecular flexibility index (Phi) is 5.04. The molecule has 1 amide bonds. The molecule has 0 saturated heterocycles. The smallest absolute Gasteiger partial charge is 0.274 e. The highest BCUT2D eigenvalue weighted by Crippen LogP contribution is 2.55. The van der Waals surface area contributed by atoms with Gasteiger partial charge in [-0.2, -0.15) is 0 Å². The second-order valence-corrected chi connectivity index (χ2v) is 9.10. The number of nitrogens with one attached hydrogen (secondary N) is 1. The molecule has 2 aliphatic rings. The van der Waals surface area contributed by atoms with Crippen LogP contribution in [0.4, 0.5) is 10.1 Å². The first-order valence-corrected chi connectivity index (χ1v) is 10.8. The molecule has 0 aliphatic heterocycles. The molecule has 2 aliphatic carbocycles. The summed E-state index contributed by atoms with van der Waals surface area (Å²) >= 11 is 5.84. The first-order chi connectivity index (χ1) is 14.9. The first kappa shape index (κ1) is 20.2. The lowest BCUT2D eigenvalue weighted by molar-refractivity contribution is 0.101. The van der Waals surface area contributed by atoms with Crippen molar-refractivity contribution in [1.82, 2.24) is 19.7 Å². The van der Waals surface area contributed by atoms with Crippen LogP contribution in [0.1, 0.15) is 65.5 Å². The third-order valence-electron chi connectivity index (χ3n) is 6.65.